The maximum Gasteiger partial charge on any atom is 0.193 e. The van der Waals surface area contributed by atoms with Crippen molar-refractivity contribution in [3.05, 3.63) is 89.5 Å². The molecule has 3 rings (SSSR count). The highest BCUT2D eigenvalue weighted by Crippen LogP contribution is 2.18. The number of benzene rings is 3. The lowest BCUT2D eigenvalue weighted by atomic mass is 10.0. The van der Waals surface area contributed by atoms with Crippen molar-refractivity contribution in [1.82, 2.24) is 0 Å². The zero-order chi connectivity index (χ0) is 23.6. The second-order valence-corrected chi connectivity index (χ2v) is 7.63. The van der Waals surface area contributed by atoms with Gasteiger partial charge in [0.25, 0.3) is 0 Å². The minimum atomic E-state index is -0.422. The molecular formula is C27H28O6. The van der Waals surface area contributed by atoms with E-state index < -0.39 is 6.10 Å². The van der Waals surface area contributed by atoms with Gasteiger partial charge in [-0.05, 0) is 73.2 Å². The van der Waals surface area contributed by atoms with Gasteiger partial charge in [0, 0.05) is 31.1 Å². The average Bonchev–Trinajstić information content (AvgIpc) is 2.83. The van der Waals surface area contributed by atoms with E-state index in [-0.39, 0.29) is 17.3 Å². The van der Waals surface area contributed by atoms with Crippen molar-refractivity contribution in [1.29, 1.82) is 0 Å². The Kier molecular flexibility index (Phi) is 8.61. The van der Waals surface area contributed by atoms with Crippen molar-refractivity contribution in [3.8, 4) is 17.2 Å². The van der Waals surface area contributed by atoms with Crippen molar-refractivity contribution < 1.29 is 28.9 Å². The zero-order valence-electron chi connectivity index (χ0n) is 18.8. The number of hydrogen-bond donors (Lipinski definition) is 1. The SMILES string of the molecule is CO[C@@H](Cc1ccc(OCCCOc2ccc(C(=O)c3ccc(O)cc3)cc2)cc1)C(C)=O. The molecular weight excluding hydrogens is 420 g/mol. The third-order valence-electron chi connectivity index (χ3n) is 5.15. The van der Waals surface area contributed by atoms with Gasteiger partial charge >= 0.3 is 0 Å². The van der Waals surface area contributed by atoms with Gasteiger partial charge in [0.15, 0.2) is 11.6 Å². The Bertz CT molecular complexity index is 1040. The van der Waals surface area contributed by atoms with Crippen molar-refractivity contribution in [2.45, 2.75) is 25.9 Å². The molecule has 3 aromatic rings. The van der Waals surface area contributed by atoms with E-state index in [1.54, 1.807) is 36.4 Å². The van der Waals surface area contributed by atoms with Crippen LogP contribution in [0.4, 0.5) is 0 Å². The van der Waals surface area contributed by atoms with Gasteiger partial charge in [-0.3, -0.25) is 9.59 Å². The highest BCUT2D eigenvalue weighted by Gasteiger charge is 2.13. The number of Topliss-reactive ketones (excluding diaryl/α,β-unsaturated/α-hetero) is 1. The fourth-order valence-corrected chi connectivity index (χ4v) is 3.25. The van der Waals surface area contributed by atoms with Crippen LogP contribution in [-0.4, -0.2) is 43.1 Å². The minimum absolute atomic E-state index is 0.0106. The number of phenols is 1. The van der Waals surface area contributed by atoms with Crippen molar-refractivity contribution in [3.63, 3.8) is 0 Å². The second-order valence-electron chi connectivity index (χ2n) is 7.63. The lowest BCUT2D eigenvalue weighted by molar-refractivity contribution is -0.126. The van der Waals surface area contributed by atoms with Gasteiger partial charge in [0.2, 0.25) is 0 Å². The smallest absolute Gasteiger partial charge is 0.193 e. The van der Waals surface area contributed by atoms with E-state index >= 15 is 0 Å². The Labute approximate surface area is 193 Å². The predicted molar refractivity (Wildman–Crippen MR) is 125 cm³/mol. The normalized spacial score (nSPS) is 11.6. The topological polar surface area (TPSA) is 82.1 Å². The Hall–Kier alpha value is -3.64. The fraction of sp³-hybridized carbons (Fsp3) is 0.259. The Morgan fingerprint density at radius 3 is 1.76 bits per heavy atom. The summed E-state index contributed by atoms with van der Waals surface area (Å²) < 4.78 is 16.7. The van der Waals surface area contributed by atoms with E-state index in [0.29, 0.717) is 42.9 Å². The Morgan fingerprint density at radius 1 is 0.788 bits per heavy atom. The number of ether oxygens (including phenoxy) is 3. The lowest BCUT2D eigenvalue weighted by Crippen LogP contribution is -2.22. The Morgan fingerprint density at radius 2 is 1.27 bits per heavy atom. The average molecular weight is 449 g/mol. The molecule has 3 aromatic carbocycles. The molecule has 0 heterocycles. The van der Waals surface area contributed by atoms with E-state index in [4.69, 9.17) is 14.2 Å². The number of carbonyl (C=O) groups excluding carboxylic acids is 2. The molecule has 0 bridgehead atoms. The highest BCUT2D eigenvalue weighted by molar-refractivity contribution is 6.09. The molecule has 0 radical (unpaired) electrons. The van der Waals surface area contributed by atoms with Gasteiger partial charge < -0.3 is 19.3 Å². The molecule has 6 nitrogen and oxygen atoms in total. The molecule has 1 N–H and O–H groups in total. The monoisotopic (exact) mass is 448 g/mol. The first-order valence-electron chi connectivity index (χ1n) is 10.8. The van der Waals surface area contributed by atoms with Gasteiger partial charge in [0.1, 0.15) is 23.4 Å². The summed E-state index contributed by atoms with van der Waals surface area (Å²) in [7, 11) is 1.54. The van der Waals surface area contributed by atoms with Gasteiger partial charge in [0.05, 0.1) is 13.2 Å². The number of rotatable bonds is 12. The first-order chi connectivity index (χ1) is 16.0. The number of methoxy groups -OCH3 is 1. The van der Waals surface area contributed by atoms with E-state index in [2.05, 4.69) is 0 Å². The summed E-state index contributed by atoms with van der Waals surface area (Å²) in [6.07, 6.45) is 0.819. The maximum absolute atomic E-state index is 12.5. The van der Waals surface area contributed by atoms with E-state index in [1.807, 2.05) is 24.3 Å². The van der Waals surface area contributed by atoms with Crippen molar-refractivity contribution in [2.75, 3.05) is 20.3 Å². The highest BCUT2D eigenvalue weighted by atomic mass is 16.5. The van der Waals surface area contributed by atoms with E-state index in [9.17, 15) is 14.7 Å². The summed E-state index contributed by atoms with van der Waals surface area (Å²) >= 11 is 0. The summed E-state index contributed by atoms with van der Waals surface area (Å²) in [6.45, 7) is 2.52. The summed E-state index contributed by atoms with van der Waals surface area (Å²) in [4.78, 5) is 23.9. The molecule has 0 amide bonds. The summed E-state index contributed by atoms with van der Waals surface area (Å²) in [5, 5.41) is 9.34. The fourth-order valence-electron chi connectivity index (χ4n) is 3.25. The van der Waals surface area contributed by atoms with Gasteiger partial charge in [-0.15, -0.1) is 0 Å². The van der Waals surface area contributed by atoms with Crippen LogP contribution in [0.15, 0.2) is 72.8 Å². The van der Waals surface area contributed by atoms with E-state index in [1.165, 1.54) is 26.2 Å². The van der Waals surface area contributed by atoms with Crippen LogP contribution in [0.3, 0.4) is 0 Å². The molecule has 6 heteroatoms. The quantitative estimate of drug-likeness (QED) is 0.322. The molecule has 0 unspecified atom stereocenters. The van der Waals surface area contributed by atoms with Gasteiger partial charge in [-0.1, -0.05) is 12.1 Å². The molecule has 33 heavy (non-hydrogen) atoms. The van der Waals surface area contributed by atoms with Crippen LogP contribution < -0.4 is 9.47 Å². The molecule has 0 fully saturated rings. The molecule has 0 aliphatic carbocycles. The number of phenolic OH excluding ortho intramolecular Hbond substituents is 1. The largest absolute Gasteiger partial charge is 0.508 e. The van der Waals surface area contributed by atoms with Crippen LogP contribution in [0, 0.1) is 0 Å². The molecule has 0 aromatic heterocycles. The van der Waals surface area contributed by atoms with Crippen LogP contribution in [-0.2, 0) is 16.0 Å². The summed E-state index contributed by atoms with van der Waals surface area (Å²) in [6, 6.07) is 20.8. The number of hydrogen-bond acceptors (Lipinski definition) is 6. The first kappa shape index (κ1) is 24.0. The predicted octanol–water partition coefficient (Wildman–Crippen LogP) is 4.62. The number of aromatic hydroxyl groups is 1. The van der Waals surface area contributed by atoms with Crippen LogP contribution in [0.5, 0.6) is 17.2 Å². The molecule has 172 valence electrons. The van der Waals surface area contributed by atoms with Gasteiger partial charge in [-0.2, -0.15) is 0 Å². The molecule has 1 atom stereocenters. The Balaban J connectivity index is 1.39. The standard InChI is InChI=1S/C27H28O6/c1-19(28)26(31-2)18-20-4-12-24(13-5-20)32-16-3-17-33-25-14-8-22(9-15-25)27(30)21-6-10-23(29)11-7-21/h4-15,26,29H,3,16-18H2,1-2H3/t26-/m0/s1. The van der Waals surface area contributed by atoms with Crippen LogP contribution >= 0.6 is 0 Å². The molecule has 0 aliphatic rings. The molecule has 0 aliphatic heterocycles. The van der Waals surface area contributed by atoms with Gasteiger partial charge in [-0.25, -0.2) is 0 Å². The van der Waals surface area contributed by atoms with Crippen molar-refractivity contribution in [2.24, 2.45) is 0 Å². The minimum Gasteiger partial charge on any atom is -0.508 e. The van der Waals surface area contributed by atoms with E-state index in [0.717, 1.165) is 11.3 Å². The number of carbonyl (C=O) groups is 2. The first-order valence-corrected chi connectivity index (χ1v) is 10.8. The summed E-state index contributed by atoms with van der Waals surface area (Å²) in [5.41, 5.74) is 2.09. The third-order valence-corrected chi connectivity index (χ3v) is 5.15. The molecule has 0 saturated carbocycles. The molecule has 0 saturated heterocycles. The second kappa shape index (κ2) is 11.8. The zero-order valence-corrected chi connectivity index (χ0v) is 18.8. The van der Waals surface area contributed by atoms with Crippen LogP contribution in [0.2, 0.25) is 0 Å². The maximum atomic E-state index is 12.5. The summed E-state index contributed by atoms with van der Waals surface area (Å²) in [5.74, 6) is 1.46. The number of ketones is 2. The third kappa shape index (κ3) is 7.19. The van der Waals surface area contributed by atoms with Crippen LogP contribution in [0.25, 0.3) is 0 Å². The lowest BCUT2D eigenvalue weighted by Gasteiger charge is -2.12. The molecule has 0 spiro atoms. The van der Waals surface area contributed by atoms with Crippen molar-refractivity contribution >= 4 is 11.6 Å². The van der Waals surface area contributed by atoms with Crippen LogP contribution in [0.1, 0.15) is 34.8 Å².